The van der Waals surface area contributed by atoms with Gasteiger partial charge in [-0.15, -0.1) is 0 Å². The van der Waals surface area contributed by atoms with Gasteiger partial charge >= 0.3 is 0 Å². The minimum Gasteiger partial charge on any atom is -0.353 e. The molecule has 0 aromatic carbocycles. The Labute approximate surface area is 131 Å². The fourth-order valence-corrected chi connectivity index (χ4v) is 2.88. The average Bonchev–Trinajstić information content (AvgIpc) is 2.55. The van der Waals surface area contributed by atoms with Crippen molar-refractivity contribution < 1.29 is 0 Å². The van der Waals surface area contributed by atoms with Gasteiger partial charge in [0.15, 0.2) is 0 Å². The van der Waals surface area contributed by atoms with E-state index >= 15 is 0 Å². The molecule has 22 heavy (non-hydrogen) atoms. The third kappa shape index (κ3) is 2.86. The second-order valence-corrected chi connectivity index (χ2v) is 5.59. The van der Waals surface area contributed by atoms with Gasteiger partial charge in [0, 0.05) is 49.3 Å². The standard InChI is InChI=1S/C16H22N6/c1-4-14-13(3)18-11-19-15(14)21-7-9-22(10-8-21)16-17-6-5-12(2)20-16/h5-6,11H,4,7-10H2,1-3H3. The van der Waals surface area contributed by atoms with Crippen molar-refractivity contribution in [1.29, 1.82) is 0 Å². The molecule has 0 N–H and O–H groups in total. The molecule has 1 fully saturated rings. The minimum absolute atomic E-state index is 0.828. The summed E-state index contributed by atoms with van der Waals surface area (Å²) in [5.41, 5.74) is 3.34. The summed E-state index contributed by atoms with van der Waals surface area (Å²) in [6.07, 6.45) is 4.45. The van der Waals surface area contributed by atoms with E-state index in [1.54, 1.807) is 6.33 Å². The van der Waals surface area contributed by atoms with E-state index in [0.29, 0.717) is 0 Å². The molecule has 1 saturated heterocycles. The predicted octanol–water partition coefficient (Wildman–Crippen LogP) is 1.77. The molecule has 0 aliphatic carbocycles. The zero-order valence-corrected chi connectivity index (χ0v) is 13.5. The highest BCUT2D eigenvalue weighted by atomic mass is 15.3. The number of rotatable bonds is 3. The van der Waals surface area contributed by atoms with E-state index in [0.717, 1.165) is 55.8 Å². The Morgan fingerprint density at radius 1 is 1.00 bits per heavy atom. The molecule has 0 saturated carbocycles. The molecular formula is C16H22N6. The second-order valence-electron chi connectivity index (χ2n) is 5.59. The van der Waals surface area contributed by atoms with Crippen LogP contribution in [0.15, 0.2) is 18.6 Å². The molecule has 1 aliphatic rings. The van der Waals surface area contributed by atoms with E-state index in [9.17, 15) is 0 Å². The number of piperazine rings is 1. The quantitative estimate of drug-likeness (QED) is 0.861. The van der Waals surface area contributed by atoms with Crippen LogP contribution >= 0.6 is 0 Å². The maximum Gasteiger partial charge on any atom is 0.225 e. The largest absolute Gasteiger partial charge is 0.353 e. The molecular weight excluding hydrogens is 276 g/mol. The fourth-order valence-electron chi connectivity index (χ4n) is 2.88. The molecule has 0 radical (unpaired) electrons. The van der Waals surface area contributed by atoms with E-state index in [2.05, 4.69) is 43.6 Å². The van der Waals surface area contributed by atoms with E-state index in [-0.39, 0.29) is 0 Å². The Bertz CT molecular complexity index is 649. The van der Waals surface area contributed by atoms with Crippen LogP contribution < -0.4 is 9.80 Å². The second kappa shape index (κ2) is 6.25. The fraction of sp³-hybridized carbons (Fsp3) is 0.500. The monoisotopic (exact) mass is 298 g/mol. The normalized spacial score (nSPS) is 15.2. The molecule has 2 aromatic rings. The van der Waals surface area contributed by atoms with Gasteiger partial charge in [0.1, 0.15) is 12.1 Å². The van der Waals surface area contributed by atoms with Gasteiger partial charge in [-0.2, -0.15) is 0 Å². The summed E-state index contributed by atoms with van der Waals surface area (Å²) >= 11 is 0. The Morgan fingerprint density at radius 2 is 1.73 bits per heavy atom. The van der Waals surface area contributed by atoms with Crippen LogP contribution in [0.4, 0.5) is 11.8 Å². The van der Waals surface area contributed by atoms with Crippen molar-refractivity contribution in [3.8, 4) is 0 Å². The lowest BCUT2D eigenvalue weighted by Gasteiger charge is -2.36. The third-order valence-electron chi connectivity index (χ3n) is 4.14. The van der Waals surface area contributed by atoms with E-state index in [1.165, 1.54) is 5.56 Å². The van der Waals surface area contributed by atoms with Crippen LogP contribution in [0.5, 0.6) is 0 Å². The molecule has 3 rings (SSSR count). The lowest BCUT2D eigenvalue weighted by atomic mass is 10.1. The summed E-state index contributed by atoms with van der Waals surface area (Å²) in [7, 11) is 0. The van der Waals surface area contributed by atoms with Crippen LogP contribution in [-0.2, 0) is 6.42 Å². The lowest BCUT2D eigenvalue weighted by Crippen LogP contribution is -2.47. The van der Waals surface area contributed by atoms with E-state index in [1.807, 2.05) is 19.2 Å². The molecule has 6 heteroatoms. The average molecular weight is 298 g/mol. The lowest BCUT2D eigenvalue weighted by molar-refractivity contribution is 0.630. The van der Waals surface area contributed by atoms with Gasteiger partial charge < -0.3 is 9.80 Å². The summed E-state index contributed by atoms with van der Waals surface area (Å²) in [6, 6.07) is 1.93. The summed E-state index contributed by atoms with van der Waals surface area (Å²) in [4.78, 5) is 22.3. The summed E-state index contributed by atoms with van der Waals surface area (Å²) in [5.74, 6) is 1.91. The Hall–Kier alpha value is -2.24. The van der Waals surface area contributed by atoms with Gasteiger partial charge in [0.2, 0.25) is 5.95 Å². The molecule has 3 heterocycles. The van der Waals surface area contributed by atoms with Crippen LogP contribution in [0.3, 0.4) is 0 Å². The highest BCUT2D eigenvalue weighted by molar-refractivity contribution is 5.50. The molecule has 6 nitrogen and oxygen atoms in total. The van der Waals surface area contributed by atoms with Gasteiger partial charge in [-0.1, -0.05) is 6.92 Å². The Kier molecular flexibility index (Phi) is 4.18. The first-order valence-corrected chi connectivity index (χ1v) is 7.79. The van der Waals surface area contributed by atoms with Crippen molar-refractivity contribution >= 4 is 11.8 Å². The summed E-state index contributed by atoms with van der Waals surface area (Å²) in [6.45, 7) is 9.90. The molecule has 0 atom stereocenters. The highest BCUT2D eigenvalue weighted by Crippen LogP contribution is 2.22. The number of hydrogen-bond acceptors (Lipinski definition) is 6. The topological polar surface area (TPSA) is 58.0 Å². The molecule has 0 amide bonds. The first-order valence-electron chi connectivity index (χ1n) is 7.79. The zero-order chi connectivity index (χ0) is 15.5. The smallest absolute Gasteiger partial charge is 0.225 e. The molecule has 0 unspecified atom stereocenters. The maximum atomic E-state index is 4.51. The Morgan fingerprint density at radius 3 is 2.41 bits per heavy atom. The van der Waals surface area contributed by atoms with Crippen molar-refractivity contribution in [2.24, 2.45) is 0 Å². The number of nitrogens with zero attached hydrogens (tertiary/aromatic N) is 6. The maximum absolute atomic E-state index is 4.51. The SMILES string of the molecule is CCc1c(C)ncnc1N1CCN(c2nccc(C)n2)CC1. The Balaban J connectivity index is 1.73. The molecule has 0 spiro atoms. The first-order chi connectivity index (χ1) is 10.7. The van der Waals surface area contributed by atoms with Gasteiger partial charge in [0.25, 0.3) is 0 Å². The van der Waals surface area contributed by atoms with Crippen molar-refractivity contribution in [2.75, 3.05) is 36.0 Å². The number of aryl methyl sites for hydroxylation is 2. The van der Waals surface area contributed by atoms with Crippen molar-refractivity contribution in [2.45, 2.75) is 27.2 Å². The first kappa shape index (κ1) is 14.7. The van der Waals surface area contributed by atoms with Crippen LogP contribution in [0.2, 0.25) is 0 Å². The summed E-state index contributed by atoms with van der Waals surface area (Å²) in [5, 5.41) is 0. The van der Waals surface area contributed by atoms with E-state index < -0.39 is 0 Å². The number of aromatic nitrogens is 4. The van der Waals surface area contributed by atoms with Gasteiger partial charge in [-0.3, -0.25) is 0 Å². The molecule has 0 bridgehead atoms. The number of anilines is 2. The molecule has 1 aliphatic heterocycles. The van der Waals surface area contributed by atoms with Crippen molar-refractivity contribution in [3.63, 3.8) is 0 Å². The third-order valence-corrected chi connectivity index (χ3v) is 4.14. The van der Waals surface area contributed by atoms with Gasteiger partial charge in [0.05, 0.1) is 0 Å². The number of hydrogen-bond donors (Lipinski definition) is 0. The van der Waals surface area contributed by atoms with Crippen LogP contribution in [-0.4, -0.2) is 46.1 Å². The van der Waals surface area contributed by atoms with Gasteiger partial charge in [-0.25, -0.2) is 19.9 Å². The molecule has 116 valence electrons. The van der Waals surface area contributed by atoms with Crippen molar-refractivity contribution in [3.05, 3.63) is 35.5 Å². The zero-order valence-electron chi connectivity index (χ0n) is 13.5. The van der Waals surface area contributed by atoms with Crippen LogP contribution in [0, 0.1) is 13.8 Å². The minimum atomic E-state index is 0.828. The molecule has 2 aromatic heterocycles. The van der Waals surface area contributed by atoms with Crippen molar-refractivity contribution in [1.82, 2.24) is 19.9 Å². The predicted molar refractivity (Wildman–Crippen MR) is 87.3 cm³/mol. The van der Waals surface area contributed by atoms with Gasteiger partial charge in [-0.05, 0) is 26.3 Å². The van der Waals surface area contributed by atoms with E-state index in [4.69, 9.17) is 0 Å². The summed E-state index contributed by atoms with van der Waals surface area (Å²) < 4.78 is 0. The van der Waals surface area contributed by atoms with Crippen LogP contribution in [0.25, 0.3) is 0 Å². The van der Waals surface area contributed by atoms with Crippen LogP contribution in [0.1, 0.15) is 23.9 Å². The highest BCUT2D eigenvalue weighted by Gasteiger charge is 2.22.